The van der Waals surface area contributed by atoms with Gasteiger partial charge in [-0.15, -0.1) is 0 Å². The highest BCUT2D eigenvalue weighted by Gasteiger charge is 2.13. The molecule has 2 rings (SSSR count). The molecule has 1 aromatic carbocycles. The summed E-state index contributed by atoms with van der Waals surface area (Å²) in [5, 5.41) is 3.34. The van der Waals surface area contributed by atoms with Gasteiger partial charge in [-0.2, -0.15) is 0 Å². The lowest BCUT2D eigenvalue weighted by molar-refractivity contribution is 0.676. The second-order valence-electron chi connectivity index (χ2n) is 4.94. The average molecular weight is 266 g/mol. The summed E-state index contributed by atoms with van der Waals surface area (Å²) >= 11 is 0. The summed E-state index contributed by atoms with van der Waals surface area (Å²) in [6.07, 6.45) is 4.18. The first-order valence-corrected chi connectivity index (χ1v) is 8.23. The molecule has 0 saturated carbocycles. The van der Waals surface area contributed by atoms with Gasteiger partial charge < -0.3 is 10.2 Å². The zero-order valence-corrected chi connectivity index (χ0v) is 12.1. The molecule has 1 heterocycles. The number of benzene rings is 1. The maximum absolute atomic E-state index is 10.9. The van der Waals surface area contributed by atoms with Crippen molar-refractivity contribution in [3.63, 3.8) is 0 Å². The molecule has 0 amide bonds. The minimum Gasteiger partial charge on any atom is -0.374 e. The summed E-state index contributed by atoms with van der Waals surface area (Å²) in [6, 6.07) is 6.72. The van der Waals surface area contributed by atoms with E-state index in [2.05, 4.69) is 35.5 Å². The fraction of sp³-hybridized carbons (Fsp3) is 0.571. The number of anilines is 1. The Balaban J connectivity index is 1.92. The summed E-state index contributed by atoms with van der Waals surface area (Å²) in [5.41, 5.74) is 4.16. The molecular weight excluding hydrogens is 244 g/mol. The van der Waals surface area contributed by atoms with Crippen molar-refractivity contribution in [3.8, 4) is 0 Å². The molecule has 1 atom stereocenters. The molecule has 1 aromatic rings. The Hall–Kier alpha value is -0.870. The first kappa shape index (κ1) is 13.6. The van der Waals surface area contributed by atoms with E-state index in [0.29, 0.717) is 0 Å². The number of aryl methyl sites for hydroxylation is 1. The third-order valence-corrected chi connectivity index (χ3v) is 4.17. The van der Waals surface area contributed by atoms with Gasteiger partial charge in [0.15, 0.2) is 0 Å². The highest BCUT2D eigenvalue weighted by molar-refractivity contribution is 7.84. The van der Waals surface area contributed by atoms with Crippen LogP contribution in [0.2, 0.25) is 0 Å². The molecule has 3 nitrogen and oxygen atoms in total. The van der Waals surface area contributed by atoms with Gasteiger partial charge in [-0.1, -0.05) is 12.1 Å². The fourth-order valence-corrected chi connectivity index (χ4v) is 2.83. The van der Waals surface area contributed by atoms with Gasteiger partial charge in [0.25, 0.3) is 0 Å². The molecule has 0 fully saturated rings. The average Bonchev–Trinajstić information content (AvgIpc) is 2.35. The molecule has 0 spiro atoms. The van der Waals surface area contributed by atoms with Crippen molar-refractivity contribution in [2.75, 3.05) is 37.0 Å². The van der Waals surface area contributed by atoms with Gasteiger partial charge >= 0.3 is 0 Å². The number of fused-ring (bicyclic) bond motifs is 1. The second kappa shape index (κ2) is 6.34. The molecule has 4 heteroatoms. The first-order chi connectivity index (χ1) is 8.66. The predicted octanol–water partition coefficient (Wildman–Crippen LogP) is 1.54. The molecule has 1 aliphatic rings. The summed E-state index contributed by atoms with van der Waals surface area (Å²) in [7, 11) is 1.46. The second-order valence-corrected chi connectivity index (χ2v) is 6.50. The van der Waals surface area contributed by atoms with Crippen LogP contribution >= 0.6 is 0 Å². The lowest BCUT2D eigenvalue weighted by atomic mass is 9.99. The summed E-state index contributed by atoms with van der Waals surface area (Å²) in [6.45, 7) is 2.85. The molecule has 0 radical (unpaired) electrons. The van der Waals surface area contributed by atoms with Crippen LogP contribution in [0, 0.1) is 0 Å². The fourth-order valence-electron chi connectivity index (χ4n) is 2.40. The number of hydrogen-bond acceptors (Lipinski definition) is 3. The van der Waals surface area contributed by atoms with Crippen LogP contribution in [-0.4, -0.2) is 36.4 Å². The lowest BCUT2D eigenvalue weighted by Gasteiger charge is -2.27. The van der Waals surface area contributed by atoms with Crippen LogP contribution < -0.4 is 10.2 Å². The Kier molecular flexibility index (Phi) is 4.78. The van der Waals surface area contributed by atoms with E-state index in [0.717, 1.165) is 25.4 Å². The maximum atomic E-state index is 10.9. The summed E-state index contributed by atoms with van der Waals surface area (Å²) < 4.78 is 10.9. The minimum atomic E-state index is -0.699. The van der Waals surface area contributed by atoms with Crippen molar-refractivity contribution in [3.05, 3.63) is 29.3 Å². The van der Waals surface area contributed by atoms with Gasteiger partial charge in [0.05, 0.1) is 0 Å². The van der Waals surface area contributed by atoms with E-state index in [1.54, 1.807) is 6.26 Å². The van der Waals surface area contributed by atoms with Gasteiger partial charge in [-0.25, -0.2) is 0 Å². The zero-order chi connectivity index (χ0) is 13.0. The Morgan fingerprint density at radius 3 is 3.06 bits per heavy atom. The predicted molar refractivity (Wildman–Crippen MR) is 78.7 cm³/mol. The molecule has 0 aromatic heterocycles. The van der Waals surface area contributed by atoms with Gasteiger partial charge in [0, 0.05) is 55.2 Å². The quantitative estimate of drug-likeness (QED) is 0.821. The third kappa shape index (κ3) is 3.56. The van der Waals surface area contributed by atoms with Crippen molar-refractivity contribution >= 4 is 16.5 Å². The molecule has 0 saturated heterocycles. The van der Waals surface area contributed by atoms with Crippen LogP contribution in [0.3, 0.4) is 0 Å². The van der Waals surface area contributed by atoms with Crippen LogP contribution in [0.1, 0.15) is 17.5 Å². The maximum Gasteiger partial charge on any atom is 0.0396 e. The van der Waals surface area contributed by atoms with Crippen LogP contribution in [0.5, 0.6) is 0 Å². The Morgan fingerprint density at radius 2 is 2.28 bits per heavy atom. The number of hydrogen-bond donors (Lipinski definition) is 1. The van der Waals surface area contributed by atoms with E-state index in [-0.39, 0.29) is 0 Å². The molecule has 0 bridgehead atoms. The molecule has 1 unspecified atom stereocenters. The first-order valence-electron chi connectivity index (χ1n) is 6.50. The highest BCUT2D eigenvalue weighted by Crippen LogP contribution is 2.26. The lowest BCUT2D eigenvalue weighted by Crippen LogP contribution is -2.25. The van der Waals surface area contributed by atoms with Crippen LogP contribution in [0.4, 0.5) is 5.69 Å². The van der Waals surface area contributed by atoms with E-state index in [9.17, 15) is 4.21 Å². The van der Waals surface area contributed by atoms with E-state index in [4.69, 9.17) is 0 Å². The van der Waals surface area contributed by atoms with E-state index in [1.165, 1.54) is 29.7 Å². The van der Waals surface area contributed by atoms with Gasteiger partial charge in [-0.05, 0) is 30.0 Å². The van der Waals surface area contributed by atoms with Crippen molar-refractivity contribution in [1.29, 1.82) is 0 Å². The molecule has 1 aliphatic heterocycles. The third-order valence-electron chi connectivity index (χ3n) is 3.39. The zero-order valence-electron chi connectivity index (χ0n) is 11.2. The molecular formula is C14H22N2OS. The topological polar surface area (TPSA) is 32.3 Å². The van der Waals surface area contributed by atoms with E-state index in [1.807, 2.05) is 0 Å². The summed E-state index contributed by atoms with van der Waals surface area (Å²) in [5.74, 6) is 0.730. The number of rotatable bonds is 5. The smallest absolute Gasteiger partial charge is 0.0396 e. The minimum absolute atomic E-state index is 0.699. The largest absolute Gasteiger partial charge is 0.374 e. The highest BCUT2D eigenvalue weighted by atomic mass is 32.2. The van der Waals surface area contributed by atoms with E-state index >= 15 is 0 Å². The molecule has 18 heavy (non-hydrogen) atoms. The molecule has 100 valence electrons. The Bertz CT molecular complexity index is 434. The van der Waals surface area contributed by atoms with Crippen molar-refractivity contribution in [1.82, 2.24) is 5.32 Å². The van der Waals surface area contributed by atoms with Gasteiger partial charge in [0.1, 0.15) is 0 Å². The Labute approximate surface area is 112 Å². The number of nitrogens with zero attached hydrogens (tertiary/aromatic N) is 1. The monoisotopic (exact) mass is 266 g/mol. The molecule has 0 aliphatic carbocycles. The van der Waals surface area contributed by atoms with Crippen LogP contribution in [-0.2, 0) is 23.8 Å². The molecule has 1 N–H and O–H groups in total. The van der Waals surface area contributed by atoms with Gasteiger partial charge in [0.2, 0.25) is 0 Å². The standard InChI is InChI=1S/C14H22N2OS/c1-16-8-3-4-13-10-12(5-6-14(13)16)11-15-7-9-18(2)17/h5-6,10,15H,3-4,7-9,11H2,1-2H3. The van der Waals surface area contributed by atoms with Crippen LogP contribution in [0.25, 0.3) is 0 Å². The van der Waals surface area contributed by atoms with Gasteiger partial charge in [-0.3, -0.25) is 4.21 Å². The van der Waals surface area contributed by atoms with Crippen molar-refractivity contribution in [2.45, 2.75) is 19.4 Å². The van der Waals surface area contributed by atoms with Crippen molar-refractivity contribution in [2.24, 2.45) is 0 Å². The normalized spacial score (nSPS) is 16.4. The Morgan fingerprint density at radius 1 is 1.44 bits per heavy atom. The van der Waals surface area contributed by atoms with Crippen LogP contribution in [0.15, 0.2) is 18.2 Å². The summed E-state index contributed by atoms with van der Waals surface area (Å²) in [4.78, 5) is 2.33. The van der Waals surface area contributed by atoms with E-state index < -0.39 is 10.8 Å². The van der Waals surface area contributed by atoms with Crippen molar-refractivity contribution < 1.29 is 4.21 Å². The SMILES string of the molecule is CN1CCCc2cc(CNCCS(C)=O)ccc21. The number of nitrogens with one attached hydrogen (secondary N) is 1.